The molecule has 0 unspecified atom stereocenters. The van der Waals surface area contributed by atoms with E-state index in [0.717, 1.165) is 25.8 Å². The Morgan fingerprint density at radius 3 is 2.50 bits per heavy atom. The van der Waals surface area contributed by atoms with Crippen molar-refractivity contribution in [1.29, 1.82) is 0 Å². The lowest BCUT2D eigenvalue weighted by Gasteiger charge is -2.37. The van der Waals surface area contributed by atoms with E-state index in [1.165, 1.54) is 19.3 Å². The first-order valence-electron chi connectivity index (χ1n) is 7.12. The number of hydrogen-bond acceptors (Lipinski definition) is 3. The van der Waals surface area contributed by atoms with Gasteiger partial charge in [0.05, 0.1) is 6.61 Å². The Bertz CT molecular complexity index is 242. The summed E-state index contributed by atoms with van der Waals surface area (Å²) in [6.45, 7) is 4.80. The SMILES string of the molecule is COCCN(CCCN)C(=O)C1(C)CCCCC1. The molecule has 0 aromatic carbocycles. The Kier molecular flexibility index (Phi) is 6.65. The van der Waals surface area contributed by atoms with Crippen molar-refractivity contribution in [3.8, 4) is 0 Å². The van der Waals surface area contributed by atoms with E-state index in [4.69, 9.17) is 10.5 Å². The van der Waals surface area contributed by atoms with Gasteiger partial charge in [-0.1, -0.05) is 26.2 Å². The van der Waals surface area contributed by atoms with Crippen LogP contribution in [-0.2, 0) is 9.53 Å². The Balaban J connectivity index is 2.60. The van der Waals surface area contributed by atoms with E-state index in [1.54, 1.807) is 7.11 Å². The van der Waals surface area contributed by atoms with Crippen LogP contribution in [0.3, 0.4) is 0 Å². The second kappa shape index (κ2) is 7.74. The van der Waals surface area contributed by atoms with Crippen LogP contribution in [0.2, 0.25) is 0 Å². The number of carbonyl (C=O) groups is 1. The molecule has 1 fully saturated rings. The van der Waals surface area contributed by atoms with Gasteiger partial charge in [-0.05, 0) is 25.8 Å². The number of ether oxygens (including phenoxy) is 1. The highest BCUT2D eigenvalue weighted by atomic mass is 16.5. The molecule has 1 aliphatic carbocycles. The van der Waals surface area contributed by atoms with Crippen molar-refractivity contribution in [3.63, 3.8) is 0 Å². The summed E-state index contributed by atoms with van der Waals surface area (Å²) in [5, 5.41) is 0. The van der Waals surface area contributed by atoms with E-state index in [9.17, 15) is 4.79 Å². The van der Waals surface area contributed by atoms with Crippen molar-refractivity contribution in [1.82, 2.24) is 4.90 Å². The molecule has 1 aliphatic rings. The van der Waals surface area contributed by atoms with Crippen LogP contribution >= 0.6 is 0 Å². The standard InChI is InChI=1S/C14H28N2O2/c1-14(7-4-3-5-8-14)13(17)16(10-6-9-15)11-12-18-2/h3-12,15H2,1-2H3. The molecule has 0 heterocycles. The third kappa shape index (κ3) is 4.25. The number of nitrogens with zero attached hydrogens (tertiary/aromatic N) is 1. The lowest BCUT2D eigenvalue weighted by atomic mass is 9.74. The van der Waals surface area contributed by atoms with Crippen molar-refractivity contribution in [3.05, 3.63) is 0 Å². The number of amides is 1. The molecule has 1 amide bonds. The van der Waals surface area contributed by atoms with Gasteiger partial charge in [-0.25, -0.2) is 0 Å². The van der Waals surface area contributed by atoms with E-state index in [0.29, 0.717) is 25.6 Å². The van der Waals surface area contributed by atoms with Crippen LogP contribution in [-0.4, -0.2) is 44.2 Å². The summed E-state index contributed by atoms with van der Waals surface area (Å²) in [4.78, 5) is 14.6. The van der Waals surface area contributed by atoms with Crippen molar-refractivity contribution in [2.75, 3.05) is 33.4 Å². The predicted octanol–water partition coefficient (Wildman–Crippen LogP) is 1.78. The molecule has 0 aromatic rings. The molecular weight excluding hydrogens is 228 g/mol. The first-order chi connectivity index (χ1) is 8.64. The number of methoxy groups -OCH3 is 1. The van der Waals surface area contributed by atoms with Crippen LogP contribution in [0, 0.1) is 5.41 Å². The molecule has 0 aromatic heterocycles. The van der Waals surface area contributed by atoms with E-state index in [2.05, 4.69) is 6.92 Å². The van der Waals surface area contributed by atoms with E-state index in [1.807, 2.05) is 4.90 Å². The lowest BCUT2D eigenvalue weighted by molar-refractivity contribution is -0.143. The maximum atomic E-state index is 12.7. The summed E-state index contributed by atoms with van der Waals surface area (Å²) >= 11 is 0. The molecular formula is C14H28N2O2. The summed E-state index contributed by atoms with van der Waals surface area (Å²) in [6, 6.07) is 0. The smallest absolute Gasteiger partial charge is 0.228 e. The largest absolute Gasteiger partial charge is 0.383 e. The van der Waals surface area contributed by atoms with Gasteiger partial charge < -0.3 is 15.4 Å². The van der Waals surface area contributed by atoms with E-state index < -0.39 is 0 Å². The molecule has 0 atom stereocenters. The molecule has 4 nitrogen and oxygen atoms in total. The number of rotatable bonds is 7. The zero-order valence-corrected chi connectivity index (χ0v) is 11.9. The lowest BCUT2D eigenvalue weighted by Crippen LogP contribution is -2.45. The quantitative estimate of drug-likeness (QED) is 0.755. The van der Waals surface area contributed by atoms with Crippen LogP contribution in [0.25, 0.3) is 0 Å². The summed E-state index contributed by atoms with van der Waals surface area (Å²) in [5.74, 6) is 0.299. The Hall–Kier alpha value is -0.610. The molecule has 0 bridgehead atoms. The molecule has 18 heavy (non-hydrogen) atoms. The van der Waals surface area contributed by atoms with Crippen LogP contribution < -0.4 is 5.73 Å². The maximum absolute atomic E-state index is 12.7. The average molecular weight is 256 g/mol. The van der Waals surface area contributed by atoms with Crippen molar-refractivity contribution < 1.29 is 9.53 Å². The molecule has 1 saturated carbocycles. The molecule has 0 saturated heterocycles. The van der Waals surface area contributed by atoms with Gasteiger partial charge in [0.15, 0.2) is 0 Å². The van der Waals surface area contributed by atoms with Crippen molar-refractivity contribution in [2.45, 2.75) is 45.4 Å². The minimum absolute atomic E-state index is 0.152. The zero-order valence-electron chi connectivity index (χ0n) is 11.9. The normalized spacial score (nSPS) is 18.6. The third-order valence-corrected chi connectivity index (χ3v) is 3.96. The predicted molar refractivity (Wildman–Crippen MR) is 73.3 cm³/mol. The average Bonchev–Trinajstić information content (AvgIpc) is 2.39. The van der Waals surface area contributed by atoms with Gasteiger partial charge in [0.2, 0.25) is 5.91 Å². The summed E-state index contributed by atoms with van der Waals surface area (Å²) in [6.07, 6.45) is 6.54. The van der Waals surface area contributed by atoms with Gasteiger partial charge in [-0.15, -0.1) is 0 Å². The highest BCUT2D eigenvalue weighted by Gasteiger charge is 2.37. The fraction of sp³-hybridized carbons (Fsp3) is 0.929. The minimum Gasteiger partial charge on any atom is -0.383 e. The second-order valence-corrected chi connectivity index (χ2v) is 5.55. The first-order valence-corrected chi connectivity index (χ1v) is 7.12. The zero-order chi connectivity index (χ0) is 13.4. The number of hydrogen-bond donors (Lipinski definition) is 1. The van der Waals surface area contributed by atoms with E-state index in [-0.39, 0.29) is 5.41 Å². The first kappa shape index (κ1) is 15.4. The van der Waals surface area contributed by atoms with E-state index >= 15 is 0 Å². The molecule has 0 radical (unpaired) electrons. The molecule has 4 heteroatoms. The number of carbonyl (C=O) groups excluding carboxylic acids is 1. The van der Waals surface area contributed by atoms with Crippen LogP contribution in [0.4, 0.5) is 0 Å². The molecule has 2 N–H and O–H groups in total. The Morgan fingerprint density at radius 1 is 1.28 bits per heavy atom. The van der Waals surface area contributed by atoms with Gasteiger partial charge >= 0.3 is 0 Å². The second-order valence-electron chi connectivity index (χ2n) is 5.55. The van der Waals surface area contributed by atoms with Crippen LogP contribution in [0.5, 0.6) is 0 Å². The Morgan fingerprint density at radius 2 is 1.94 bits per heavy atom. The van der Waals surface area contributed by atoms with Crippen LogP contribution in [0.15, 0.2) is 0 Å². The van der Waals surface area contributed by atoms with Gasteiger partial charge in [0.1, 0.15) is 0 Å². The Labute approximate surface area is 111 Å². The highest BCUT2D eigenvalue weighted by molar-refractivity contribution is 5.82. The monoisotopic (exact) mass is 256 g/mol. The van der Waals surface area contributed by atoms with Crippen molar-refractivity contribution in [2.24, 2.45) is 11.1 Å². The molecule has 0 aliphatic heterocycles. The van der Waals surface area contributed by atoms with Crippen molar-refractivity contribution >= 4 is 5.91 Å². The third-order valence-electron chi connectivity index (χ3n) is 3.96. The van der Waals surface area contributed by atoms with Crippen LogP contribution in [0.1, 0.15) is 45.4 Å². The summed E-state index contributed by atoms with van der Waals surface area (Å²) in [5.41, 5.74) is 5.40. The topological polar surface area (TPSA) is 55.6 Å². The van der Waals surface area contributed by atoms with Gasteiger partial charge in [0, 0.05) is 25.6 Å². The maximum Gasteiger partial charge on any atom is 0.228 e. The van der Waals surface area contributed by atoms with Gasteiger partial charge in [-0.2, -0.15) is 0 Å². The fourth-order valence-electron chi connectivity index (χ4n) is 2.73. The molecule has 1 rings (SSSR count). The summed E-state index contributed by atoms with van der Waals surface area (Å²) in [7, 11) is 1.67. The van der Waals surface area contributed by atoms with Gasteiger partial charge in [0.25, 0.3) is 0 Å². The highest BCUT2D eigenvalue weighted by Crippen LogP contribution is 2.37. The minimum atomic E-state index is -0.152. The number of nitrogens with two attached hydrogens (primary N) is 1. The molecule has 0 spiro atoms. The molecule has 106 valence electrons. The summed E-state index contributed by atoms with van der Waals surface area (Å²) < 4.78 is 5.10. The fourth-order valence-corrected chi connectivity index (χ4v) is 2.73. The van der Waals surface area contributed by atoms with Gasteiger partial charge in [-0.3, -0.25) is 4.79 Å².